The molecule has 0 saturated heterocycles. The van der Waals surface area contributed by atoms with Crippen molar-refractivity contribution in [2.75, 3.05) is 28.4 Å². The van der Waals surface area contributed by atoms with Gasteiger partial charge in [-0.15, -0.1) is 0 Å². The second-order valence-electron chi connectivity index (χ2n) is 5.61. The van der Waals surface area contributed by atoms with Crippen molar-refractivity contribution >= 4 is 11.0 Å². The molecule has 0 unspecified atom stereocenters. The van der Waals surface area contributed by atoms with Gasteiger partial charge < -0.3 is 23.4 Å². The van der Waals surface area contributed by atoms with Gasteiger partial charge in [0, 0.05) is 0 Å². The fourth-order valence-corrected chi connectivity index (χ4v) is 2.83. The highest BCUT2D eigenvalue weighted by molar-refractivity contribution is 5.80. The minimum Gasteiger partial charge on any atom is -0.497 e. The zero-order chi connectivity index (χ0) is 18.8. The SMILES string of the molecule is COc1cc(C)c2oc(=O)[n+](-c3cc(OC)c(OC)c(OC)c3)cc2c1. The number of aromatic nitrogens is 1. The molecule has 0 fully saturated rings. The van der Waals surface area contributed by atoms with Crippen LogP contribution >= 0.6 is 0 Å². The number of methoxy groups -OCH3 is 4. The predicted molar refractivity (Wildman–Crippen MR) is 95.0 cm³/mol. The second-order valence-corrected chi connectivity index (χ2v) is 5.61. The molecule has 0 saturated carbocycles. The lowest BCUT2D eigenvalue weighted by Gasteiger charge is -2.11. The van der Waals surface area contributed by atoms with Crippen LogP contribution in [-0.4, -0.2) is 28.4 Å². The normalized spacial score (nSPS) is 10.7. The molecule has 0 N–H and O–H groups in total. The van der Waals surface area contributed by atoms with Crippen LogP contribution in [0.1, 0.15) is 5.56 Å². The van der Waals surface area contributed by atoms with Gasteiger partial charge in [0.1, 0.15) is 5.75 Å². The van der Waals surface area contributed by atoms with Crippen LogP contribution in [0.25, 0.3) is 16.7 Å². The second kappa shape index (κ2) is 6.95. The first-order valence-corrected chi connectivity index (χ1v) is 7.87. The van der Waals surface area contributed by atoms with E-state index < -0.39 is 5.76 Å². The lowest BCUT2D eigenvalue weighted by molar-refractivity contribution is -0.623. The average Bonchev–Trinajstić information content (AvgIpc) is 2.66. The lowest BCUT2D eigenvalue weighted by atomic mass is 10.1. The molecule has 0 aliphatic heterocycles. The summed E-state index contributed by atoms with van der Waals surface area (Å²) in [6.45, 7) is 1.86. The molecule has 7 heteroatoms. The van der Waals surface area contributed by atoms with Crippen molar-refractivity contribution < 1.29 is 27.9 Å². The molecule has 0 radical (unpaired) electrons. The van der Waals surface area contributed by atoms with E-state index in [1.54, 1.807) is 31.5 Å². The van der Waals surface area contributed by atoms with Gasteiger partial charge in [0.2, 0.25) is 11.4 Å². The van der Waals surface area contributed by atoms with E-state index in [1.807, 2.05) is 13.0 Å². The maximum absolute atomic E-state index is 12.5. The molecule has 2 aromatic carbocycles. The number of rotatable bonds is 5. The van der Waals surface area contributed by atoms with E-state index in [-0.39, 0.29) is 0 Å². The van der Waals surface area contributed by atoms with Gasteiger partial charge >= 0.3 is 5.76 Å². The highest BCUT2D eigenvalue weighted by Crippen LogP contribution is 2.38. The Hall–Kier alpha value is -3.22. The minimum atomic E-state index is -0.528. The van der Waals surface area contributed by atoms with Crippen molar-refractivity contribution in [2.24, 2.45) is 0 Å². The number of aryl methyl sites for hydroxylation is 1. The van der Waals surface area contributed by atoms with Gasteiger partial charge in [0.05, 0.1) is 46.0 Å². The molecule has 0 atom stereocenters. The zero-order valence-corrected chi connectivity index (χ0v) is 15.3. The Labute approximate surface area is 150 Å². The van der Waals surface area contributed by atoms with E-state index in [2.05, 4.69) is 0 Å². The Balaban J connectivity index is 2.28. The minimum absolute atomic E-state index is 0.440. The van der Waals surface area contributed by atoms with Gasteiger partial charge in [0.25, 0.3) is 0 Å². The molecule has 0 bridgehead atoms. The van der Waals surface area contributed by atoms with Crippen molar-refractivity contribution in [3.05, 3.63) is 46.6 Å². The van der Waals surface area contributed by atoms with E-state index >= 15 is 0 Å². The maximum atomic E-state index is 12.5. The molecule has 0 aliphatic carbocycles. The zero-order valence-electron chi connectivity index (χ0n) is 15.3. The van der Waals surface area contributed by atoms with Gasteiger partial charge in [-0.25, -0.2) is 0 Å². The summed E-state index contributed by atoms with van der Waals surface area (Å²) in [4.78, 5) is 12.5. The molecular formula is C19H20NO6+. The Morgan fingerprint density at radius 3 is 2.08 bits per heavy atom. The first kappa shape index (κ1) is 17.6. The molecule has 7 nitrogen and oxygen atoms in total. The summed E-state index contributed by atoms with van der Waals surface area (Å²) in [6.07, 6.45) is 1.69. The highest BCUT2D eigenvalue weighted by atomic mass is 16.5. The van der Waals surface area contributed by atoms with Crippen molar-refractivity contribution in [2.45, 2.75) is 6.92 Å². The molecule has 3 aromatic rings. The van der Waals surface area contributed by atoms with Crippen molar-refractivity contribution in [1.82, 2.24) is 0 Å². The first-order valence-electron chi connectivity index (χ1n) is 7.87. The molecule has 1 aromatic heterocycles. The van der Waals surface area contributed by atoms with Crippen LogP contribution in [0.4, 0.5) is 0 Å². The van der Waals surface area contributed by atoms with Crippen molar-refractivity contribution in [1.29, 1.82) is 0 Å². The van der Waals surface area contributed by atoms with Crippen LogP contribution in [-0.2, 0) is 0 Å². The first-order chi connectivity index (χ1) is 12.5. The average molecular weight is 358 g/mol. The molecule has 136 valence electrons. The third-order valence-corrected chi connectivity index (χ3v) is 4.09. The number of fused-ring (bicyclic) bond motifs is 1. The largest absolute Gasteiger partial charge is 0.608 e. The summed E-state index contributed by atoms with van der Waals surface area (Å²) < 4.78 is 28.2. The summed E-state index contributed by atoms with van der Waals surface area (Å²) in [7, 11) is 6.14. The number of benzene rings is 2. The van der Waals surface area contributed by atoms with Crippen LogP contribution in [0.15, 0.2) is 39.7 Å². The fourth-order valence-electron chi connectivity index (χ4n) is 2.83. The fraction of sp³-hybridized carbons (Fsp3) is 0.263. The van der Waals surface area contributed by atoms with Crippen LogP contribution < -0.4 is 29.3 Å². The van der Waals surface area contributed by atoms with Crippen molar-refractivity contribution in [3.63, 3.8) is 0 Å². The van der Waals surface area contributed by atoms with Crippen LogP contribution in [0.2, 0.25) is 0 Å². The van der Waals surface area contributed by atoms with Gasteiger partial charge in [-0.3, -0.25) is 0 Å². The Kier molecular flexibility index (Phi) is 4.71. The van der Waals surface area contributed by atoms with Crippen molar-refractivity contribution in [3.8, 4) is 28.7 Å². The monoisotopic (exact) mass is 358 g/mol. The number of hydrogen-bond acceptors (Lipinski definition) is 6. The summed E-state index contributed by atoms with van der Waals surface area (Å²) in [5, 5.41) is 0.732. The van der Waals surface area contributed by atoms with Gasteiger partial charge in [-0.1, -0.05) is 4.57 Å². The number of nitrogens with zero attached hydrogens (tertiary/aromatic N) is 1. The lowest BCUT2D eigenvalue weighted by Crippen LogP contribution is -2.46. The van der Waals surface area contributed by atoms with Crippen LogP contribution in [0, 0.1) is 6.92 Å². The highest BCUT2D eigenvalue weighted by Gasteiger charge is 2.23. The van der Waals surface area contributed by atoms with Gasteiger partial charge in [-0.2, -0.15) is 4.79 Å². The quantitative estimate of drug-likeness (QED) is 0.653. The maximum Gasteiger partial charge on any atom is 0.608 e. The smallest absolute Gasteiger partial charge is 0.497 e. The summed E-state index contributed by atoms with van der Waals surface area (Å²) in [5.74, 6) is 1.48. The van der Waals surface area contributed by atoms with E-state index in [1.165, 1.54) is 25.9 Å². The molecule has 0 amide bonds. The molecule has 1 heterocycles. The van der Waals surface area contributed by atoms with Crippen LogP contribution in [0.3, 0.4) is 0 Å². The van der Waals surface area contributed by atoms with E-state index in [0.29, 0.717) is 34.3 Å². The van der Waals surface area contributed by atoms with E-state index in [9.17, 15) is 4.79 Å². The predicted octanol–water partition coefficient (Wildman–Crippen LogP) is 2.41. The molecule has 3 rings (SSSR count). The molecular weight excluding hydrogens is 338 g/mol. The third kappa shape index (κ3) is 2.92. The Morgan fingerprint density at radius 2 is 1.54 bits per heavy atom. The van der Waals surface area contributed by atoms with Gasteiger partial charge in [-0.05, 0) is 24.6 Å². The van der Waals surface area contributed by atoms with Crippen LogP contribution in [0.5, 0.6) is 23.0 Å². The Bertz CT molecular complexity index is 999. The standard InChI is InChI=1S/C19H20NO6/c1-11-6-14(22-2)7-12-10-20(19(21)26-17(11)12)13-8-15(23-3)18(25-5)16(9-13)24-4/h6-10H,1-5H3/q+1. The Morgan fingerprint density at radius 1 is 0.885 bits per heavy atom. The molecule has 0 spiro atoms. The summed E-state index contributed by atoms with van der Waals surface area (Å²) >= 11 is 0. The number of hydrogen-bond donors (Lipinski definition) is 0. The molecule has 0 aliphatic rings. The summed E-state index contributed by atoms with van der Waals surface area (Å²) in [5.41, 5.74) is 1.85. The van der Waals surface area contributed by atoms with Gasteiger partial charge in [0.15, 0.2) is 23.3 Å². The molecule has 26 heavy (non-hydrogen) atoms. The topological polar surface area (TPSA) is 71.0 Å². The van der Waals surface area contributed by atoms with E-state index in [0.717, 1.165) is 10.9 Å². The van der Waals surface area contributed by atoms with E-state index in [4.69, 9.17) is 23.4 Å². The third-order valence-electron chi connectivity index (χ3n) is 4.09. The number of ether oxygens (including phenoxy) is 4. The summed E-state index contributed by atoms with van der Waals surface area (Å²) in [6, 6.07) is 6.98.